The van der Waals surface area contributed by atoms with Crippen molar-refractivity contribution in [3.63, 3.8) is 0 Å². The highest BCUT2D eigenvalue weighted by Gasteiger charge is 2.45. The fraction of sp³-hybridized carbons (Fsp3) is 0.261. The molecule has 3 aromatic heterocycles. The summed E-state index contributed by atoms with van der Waals surface area (Å²) in [5.41, 5.74) is 2.38. The first-order valence-corrected chi connectivity index (χ1v) is 11.4. The molecule has 1 atom stereocenters. The van der Waals surface area contributed by atoms with E-state index in [4.69, 9.17) is 4.98 Å². The topological polar surface area (TPSA) is 109 Å². The number of likely N-dealkylation sites (tertiary alicyclic amines) is 1. The van der Waals surface area contributed by atoms with Crippen molar-refractivity contribution in [2.75, 3.05) is 18.9 Å². The molecule has 168 valence electrons. The van der Waals surface area contributed by atoms with E-state index in [2.05, 4.69) is 20.4 Å². The lowest BCUT2D eigenvalue weighted by Crippen LogP contribution is -2.36. The Labute approximate surface area is 194 Å². The Morgan fingerprint density at radius 1 is 1.15 bits per heavy atom. The molecule has 10 heteroatoms. The third kappa shape index (κ3) is 3.87. The normalized spacial score (nSPS) is 18.2. The van der Waals surface area contributed by atoms with Crippen molar-refractivity contribution < 1.29 is 9.90 Å². The maximum absolute atomic E-state index is 12.5. The molecule has 1 amide bonds. The molecular formula is C23H23N7O2S. The summed E-state index contributed by atoms with van der Waals surface area (Å²) in [4.78, 5) is 27.6. The monoisotopic (exact) mass is 461 g/mol. The zero-order valence-electron chi connectivity index (χ0n) is 18.5. The van der Waals surface area contributed by atoms with Crippen LogP contribution in [0.25, 0.3) is 22.0 Å². The van der Waals surface area contributed by atoms with Crippen LogP contribution in [0.1, 0.15) is 17.7 Å². The Kier molecular flexibility index (Phi) is 5.18. The Hall–Kier alpha value is -3.63. The zero-order chi connectivity index (χ0) is 23.2. The summed E-state index contributed by atoms with van der Waals surface area (Å²) in [6, 6.07) is 11.1. The second kappa shape index (κ2) is 8.05. The maximum atomic E-state index is 12.5. The van der Waals surface area contributed by atoms with Crippen LogP contribution in [0.15, 0.2) is 48.0 Å². The summed E-state index contributed by atoms with van der Waals surface area (Å²) in [5, 5.41) is 21.2. The summed E-state index contributed by atoms with van der Waals surface area (Å²) in [5.74, 6) is 0.838. The largest absolute Gasteiger partial charge is 0.375 e. The fourth-order valence-electron chi connectivity index (χ4n) is 3.85. The van der Waals surface area contributed by atoms with Crippen LogP contribution in [-0.2, 0) is 17.4 Å². The van der Waals surface area contributed by atoms with Gasteiger partial charge in [0.25, 0.3) is 5.91 Å². The number of aliphatic hydroxyl groups is 1. The number of thiazole rings is 1. The molecule has 0 aliphatic carbocycles. The first-order valence-electron chi connectivity index (χ1n) is 10.5. The first kappa shape index (κ1) is 21.2. The van der Waals surface area contributed by atoms with Gasteiger partial charge in [0.1, 0.15) is 10.7 Å². The van der Waals surface area contributed by atoms with E-state index in [1.807, 2.05) is 43.6 Å². The predicted molar refractivity (Wildman–Crippen MR) is 126 cm³/mol. The van der Waals surface area contributed by atoms with Crippen LogP contribution in [0, 0.1) is 6.92 Å². The van der Waals surface area contributed by atoms with E-state index in [9.17, 15) is 9.90 Å². The second-order valence-electron chi connectivity index (χ2n) is 8.14. The summed E-state index contributed by atoms with van der Waals surface area (Å²) in [7, 11) is 3.58. The van der Waals surface area contributed by atoms with Gasteiger partial charge in [-0.25, -0.2) is 15.0 Å². The first-order chi connectivity index (χ1) is 15.8. The Bertz CT molecular complexity index is 1330. The van der Waals surface area contributed by atoms with E-state index in [0.29, 0.717) is 36.0 Å². The number of aryl methyl sites for hydroxylation is 2. The number of rotatable bonds is 5. The van der Waals surface area contributed by atoms with Gasteiger partial charge in [0.05, 0.1) is 5.69 Å². The van der Waals surface area contributed by atoms with Crippen molar-refractivity contribution in [1.29, 1.82) is 0 Å². The molecule has 9 nitrogen and oxygen atoms in total. The van der Waals surface area contributed by atoms with Crippen molar-refractivity contribution in [3.8, 4) is 22.0 Å². The van der Waals surface area contributed by atoms with Gasteiger partial charge in [0.15, 0.2) is 11.4 Å². The van der Waals surface area contributed by atoms with Crippen LogP contribution >= 0.6 is 11.3 Å². The molecular weight excluding hydrogens is 438 g/mol. The molecule has 4 aromatic rings. The maximum Gasteiger partial charge on any atom is 0.258 e. The van der Waals surface area contributed by atoms with E-state index in [0.717, 1.165) is 22.0 Å². The van der Waals surface area contributed by atoms with Crippen LogP contribution in [0.2, 0.25) is 0 Å². The lowest BCUT2D eigenvalue weighted by atomic mass is 9.91. The highest BCUT2D eigenvalue weighted by atomic mass is 32.1. The van der Waals surface area contributed by atoms with Gasteiger partial charge >= 0.3 is 0 Å². The summed E-state index contributed by atoms with van der Waals surface area (Å²) < 4.78 is 1.78. The Morgan fingerprint density at radius 2 is 2.00 bits per heavy atom. The second-order valence-corrected chi connectivity index (χ2v) is 9.00. The Balaban J connectivity index is 1.41. The molecule has 1 aromatic carbocycles. The number of carbonyl (C=O) groups excluding carboxylic acids is 1. The van der Waals surface area contributed by atoms with Gasteiger partial charge in [-0.3, -0.25) is 9.48 Å². The number of nitrogens with one attached hydrogen (secondary N) is 1. The van der Waals surface area contributed by atoms with Crippen LogP contribution in [-0.4, -0.2) is 54.2 Å². The van der Waals surface area contributed by atoms with Crippen LogP contribution in [0.5, 0.6) is 0 Å². The quantitative estimate of drug-likeness (QED) is 0.470. The number of nitrogens with zero attached hydrogens (tertiary/aromatic N) is 6. The lowest BCUT2D eigenvalue weighted by molar-refractivity contribution is -0.143. The van der Waals surface area contributed by atoms with E-state index in [1.165, 1.54) is 11.3 Å². The van der Waals surface area contributed by atoms with Crippen LogP contribution < -0.4 is 5.32 Å². The lowest BCUT2D eigenvalue weighted by Gasteiger charge is -2.21. The van der Waals surface area contributed by atoms with Crippen molar-refractivity contribution in [3.05, 3.63) is 59.2 Å². The van der Waals surface area contributed by atoms with Crippen LogP contribution in [0.3, 0.4) is 0 Å². The average Bonchev–Trinajstić information content (AvgIpc) is 3.50. The Morgan fingerprint density at radius 3 is 2.73 bits per heavy atom. The fourth-order valence-corrected chi connectivity index (χ4v) is 4.66. The molecule has 1 aliphatic heterocycles. The molecule has 5 rings (SSSR count). The van der Waals surface area contributed by atoms with E-state index in [-0.39, 0.29) is 5.91 Å². The molecule has 2 N–H and O–H groups in total. The molecule has 1 aliphatic rings. The van der Waals surface area contributed by atoms with Crippen molar-refractivity contribution in [1.82, 2.24) is 29.6 Å². The van der Waals surface area contributed by atoms with Gasteiger partial charge in [-0.2, -0.15) is 5.10 Å². The average molecular weight is 462 g/mol. The van der Waals surface area contributed by atoms with Gasteiger partial charge in [-0.05, 0) is 24.6 Å². The number of carbonyl (C=O) groups is 1. The molecule has 0 spiro atoms. The third-order valence-corrected chi connectivity index (χ3v) is 6.76. The molecule has 0 unspecified atom stereocenters. The molecule has 4 heterocycles. The standard InChI is InChI=1S/C23H23N7O2S/c1-14-11-19(28-30(14)3)27-22-24-9-7-17(26-22)18-13-33-20(25-18)15-5-4-6-16(12-15)23(32)8-10-29(2)21(23)31/h4-7,9,11-13,32H,8,10H2,1-3H3,(H,24,26,27,28)/t23-/m1/s1. The SMILES string of the molecule is Cc1cc(Nc2nccc(-c3csc(-c4cccc([C@]5(O)CCN(C)C5=O)c4)n3)n2)nn1C. The number of likely N-dealkylation sites (N-methyl/N-ethyl adjacent to an activating group) is 1. The highest BCUT2D eigenvalue weighted by molar-refractivity contribution is 7.13. The highest BCUT2D eigenvalue weighted by Crippen LogP contribution is 2.36. The van der Waals surface area contributed by atoms with Gasteiger partial charge in [-0.15, -0.1) is 11.3 Å². The number of benzene rings is 1. The molecule has 1 fully saturated rings. The predicted octanol–water partition coefficient (Wildman–Crippen LogP) is 3.10. The number of anilines is 2. The summed E-state index contributed by atoms with van der Waals surface area (Å²) in [6.45, 7) is 2.50. The van der Waals surface area contributed by atoms with Crippen molar-refractivity contribution in [2.24, 2.45) is 7.05 Å². The van der Waals surface area contributed by atoms with Crippen LogP contribution in [0.4, 0.5) is 11.8 Å². The molecule has 1 saturated heterocycles. The number of hydrogen-bond donors (Lipinski definition) is 2. The molecule has 0 saturated carbocycles. The number of amides is 1. The summed E-state index contributed by atoms with van der Waals surface area (Å²) in [6.07, 6.45) is 2.05. The zero-order valence-corrected chi connectivity index (χ0v) is 19.3. The molecule has 0 bridgehead atoms. The summed E-state index contributed by atoms with van der Waals surface area (Å²) >= 11 is 1.48. The van der Waals surface area contributed by atoms with E-state index >= 15 is 0 Å². The minimum atomic E-state index is -1.48. The number of aromatic nitrogens is 5. The number of hydrogen-bond acceptors (Lipinski definition) is 8. The van der Waals surface area contributed by atoms with E-state index < -0.39 is 5.60 Å². The third-order valence-electron chi connectivity index (χ3n) is 5.87. The van der Waals surface area contributed by atoms with Gasteiger partial charge in [0.2, 0.25) is 5.95 Å². The van der Waals surface area contributed by atoms with Gasteiger partial charge < -0.3 is 15.3 Å². The van der Waals surface area contributed by atoms with Gasteiger partial charge in [-0.1, -0.05) is 18.2 Å². The van der Waals surface area contributed by atoms with Crippen molar-refractivity contribution >= 4 is 29.0 Å². The van der Waals surface area contributed by atoms with Gasteiger partial charge in [0, 0.05) is 56.0 Å². The van der Waals surface area contributed by atoms with Crippen molar-refractivity contribution in [2.45, 2.75) is 18.9 Å². The molecule has 33 heavy (non-hydrogen) atoms. The van der Waals surface area contributed by atoms with E-state index in [1.54, 1.807) is 35.0 Å². The minimum Gasteiger partial charge on any atom is -0.375 e. The molecule has 0 radical (unpaired) electrons. The smallest absolute Gasteiger partial charge is 0.258 e. The minimum absolute atomic E-state index is 0.274.